The van der Waals surface area contributed by atoms with Gasteiger partial charge in [0.15, 0.2) is 0 Å². The van der Waals surface area contributed by atoms with Gasteiger partial charge in [0, 0.05) is 12.1 Å². The molecule has 1 aliphatic rings. The third kappa shape index (κ3) is 3.46. The van der Waals surface area contributed by atoms with E-state index in [9.17, 15) is 4.79 Å². The monoisotopic (exact) mass is 228 g/mol. The molecule has 0 saturated heterocycles. The summed E-state index contributed by atoms with van der Waals surface area (Å²) >= 11 is 0. The largest absolute Gasteiger partial charge is 0.468 e. The molecule has 1 atom stereocenters. The van der Waals surface area contributed by atoms with E-state index in [1.807, 2.05) is 14.1 Å². The van der Waals surface area contributed by atoms with E-state index in [0.717, 1.165) is 19.4 Å². The van der Waals surface area contributed by atoms with Crippen molar-refractivity contribution >= 4 is 5.97 Å². The van der Waals surface area contributed by atoms with Crippen LogP contribution in [0.4, 0.5) is 0 Å². The van der Waals surface area contributed by atoms with Crippen molar-refractivity contribution in [1.82, 2.24) is 10.2 Å². The standard InChI is InChI=1S/C12H24N2O2/c1-12(2,14(3)4)8-13-10(9-6-7-9)11(15)16-5/h9-10,13H,6-8H2,1-5H3. The lowest BCUT2D eigenvalue weighted by molar-refractivity contribution is -0.143. The molecule has 0 aromatic heterocycles. The number of rotatable bonds is 6. The van der Waals surface area contributed by atoms with Crippen LogP contribution in [-0.4, -0.2) is 50.2 Å². The Bertz CT molecular complexity index is 247. The summed E-state index contributed by atoms with van der Waals surface area (Å²) in [4.78, 5) is 13.7. The minimum atomic E-state index is -0.128. The fourth-order valence-electron chi connectivity index (χ4n) is 1.52. The second-order valence-corrected chi connectivity index (χ2v) is 5.43. The lowest BCUT2D eigenvalue weighted by atomic mass is 10.0. The molecule has 0 spiro atoms. The highest BCUT2D eigenvalue weighted by Gasteiger charge is 2.37. The van der Waals surface area contributed by atoms with E-state index in [0.29, 0.717) is 5.92 Å². The highest BCUT2D eigenvalue weighted by atomic mass is 16.5. The number of ether oxygens (including phenoxy) is 1. The molecule has 1 rings (SSSR count). The smallest absolute Gasteiger partial charge is 0.323 e. The second kappa shape index (κ2) is 5.15. The van der Waals surface area contributed by atoms with E-state index < -0.39 is 0 Å². The van der Waals surface area contributed by atoms with Crippen molar-refractivity contribution in [3.63, 3.8) is 0 Å². The van der Waals surface area contributed by atoms with Gasteiger partial charge < -0.3 is 15.0 Å². The first kappa shape index (κ1) is 13.5. The van der Waals surface area contributed by atoms with E-state index in [1.54, 1.807) is 0 Å². The molecule has 0 radical (unpaired) electrons. The predicted octanol–water partition coefficient (Wildman–Crippen LogP) is 0.868. The highest BCUT2D eigenvalue weighted by Crippen LogP contribution is 2.33. The van der Waals surface area contributed by atoms with Gasteiger partial charge in [0.1, 0.15) is 6.04 Å². The van der Waals surface area contributed by atoms with Gasteiger partial charge in [-0.2, -0.15) is 0 Å². The SMILES string of the molecule is COC(=O)C(NCC(C)(C)N(C)C)C1CC1. The average Bonchev–Trinajstić information content (AvgIpc) is 3.01. The molecule has 1 N–H and O–H groups in total. The van der Waals surface area contributed by atoms with Crippen LogP contribution in [0.3, 0.4) is 0 Å². The van der Waals surface area contributed by atoms with Gasteiger partial charge in [-0.15, -0.1) is 0 Å². The van der Waals surface area contributed by atoms with E-state index in [4.69, 9.17) is 4.74 Å². The molecule has 0 heterocycles. The number of carbonyl (C=O) groups excluding carboxylic acids is 1. The Kier molecular flexibility index (Phi) is 4.33. The number of carbonyl (C=O) groups is 1. The normalized spacial score (nSPS) is 18.6. The van der Waals surface area contributed by atoms with Crippen molar-refractivity contribution in [2.75, 3.05) is 27.7 Å². The molecular weight excluding hydrogens is 204 g/mol. The molecule has 4 nitrogen and oxygen atoms in total. The van der Waals surface area contributed by atoms with Gasteiger partial charge in [0.25, 0.3) is 0 Å². The van der Waals surface area contributed by atoms with Gasteiger partial charge >= 0.3 is 5.97 Å². The third-order valence-corrected chi connectivity index (χ3v) is 3.51. The van der Waals surface area contributed by atoms with Crippen molar-refractivity contribution in [3.8, 4) is 0 Å². The second-order valence-electron chi connectivity index (χ2n) is 5.43. The van der Waals surface area contributed by atoms with Gasteiger partial charge in [-0.3, -0.25) is 4.79 Å². The molecule has 0 bridgehead atoms. The van der Waals surface area contributed by atoms with E-state index in [1.165, 1.54) is 7.11 Å². The van der Waals surface area contributed by atoms with Crippen molar-refractivity contribution in [2.24, 2.45) is 5.92 Å². The summed E-state index contributed by atoms with van der Waals surface area (Å²) in [5.41, 5.74) is 0.0428. The third-order valence-electron chi connectivity index (χ3n) is 3.51. The Balaban J connectivity index is 2.47. The van der Waals surface area contributed by atoms with Crippen LogP contribution in [0.1, 0.15) is 26.7 Å². The van der Waals surface area contributed by atoms with Crippen molar-refractivity contribution in [3.05, 3.63) is 0 Å². The Morgan fingerprint density at radius 3 is 2.44 bits per heavy atom. The van der Waals surface area contributed by atoms with Crippen LogP contribution in [0.25, 0.3) is 0 Å². The zero-order valence-corrected chi connectivity index (χ0v) is 11.0. The molecule has 1 unspecified atom stereocenters. The minimum absolute atomic E-state index is 0.0428. The van der Waals surface area contributed by atoms with Crippen LogP contribution >= 0.6 is 0 Å². The molecule has 1 aliphatic carbocycles. The van der Waals surface area contributed by atoms with Crippen LogP contribution in [0.5, 0.6) is 0 Å². The summed E-state index contributed by atoms with van der Waals surface area (Å²) < 4.78 is 4.82. The summed E-state index contributed by atoms with van der Waals surface area (Å²) in [5.74, 6) is 0.350. The summed E-state index contributed by atoms with van der Waals surface area (Å²) in [6, 6.07) is -0.121. The molecular formula is C12H24N2O2. The molecule has 0 aromatic carbocycles. The Morgan fingerprint density at radius 1 is 1.50 bits per heavy atom. The Labute approximate surface area is 98.3 Å². The Morgan fingerprint density at radius 2 is 2.06 bits per heavy atom. The summed E-state index contributed by atoms with van der Waals surface area (Å²) in [6.07, 6.45) is 2.27. The van der Waals surface area contributed by atoms with Gasteiger partial charge in [-0.05, 0) is 46.7 Å². The number of methoxy groups -OCH3 is 1. The topological polar surface area (TPSA) is 41.6 Å². The lowest BCUT2D eigenvalue weighted by Crippen LogP contribution is -2.51. The summed E-state index contributed by atoms with van der Waals surface area (Å²) in [5, 5.41) is 3.34. The van der Waals surface area contributed by atoms with Crippen molar-refractivity contribution < 1.29 is 9.53 Å². The maximum Gasteiger partial charge on any atom is 0.323 e. The van der Waals surface area contributed by atoms with Gasteiger partial charge in [-0.1, -0.05) is 0 Å². The summed E-state index contributed by atoms with van der Waals surface area (Å²) in [7, 11) is 5.55. The number of nitrogens with zero attached hydrogens (tertiary/aromatic N) is 1. The fraction of sp³-hybridized carbons (Fsp3) is 0.917. The van der Waals surface area contributed by atoms with Gasteiger partial charge in [-0.25, -0.2) is 0 Å². The number of nitrogens with one attached hydrogen (secondary N) is 1. The molecule has 1 fully saturated rings. The lowest BCUT2D eigenvalue weighted by Gasteiger charge is -2.34. The molecule has 16 heavy (non-hydrogen) atoms. The average molecular weight is 228 g/mol. The summed E-state index contributed by atoms with van der Waals surface area (Å²) in [6.45, 7) is 5.10. The Hall–Kier alpha value is -0.610. The quantitative estimate of drug-likeness (QED) is 0.685. The molecule has 4 heteroatoms. The van der Waals surface area contributed by atoms with Crippen LogP contribution in [-0.2, 0) is 9.53 Å². The predicted molar refractivity (Wildman–Crippen MR) is 64.3 cm³/mol. The number of esters is 1. The first-order chi connectivity index (χ1) is 7.38. The van der Waals surface area contributed by atoms with E-state index in [2.05, 4.69) is 24.1 Å². The zero-order valence-electron chi connectivity index (χ0n) is 11.0. The van der Waals surface area contributed by atoms with Crippen LogP contribution < -0.4 is 5.32 Å². The minimum Gasteiger partial charge on any atom is -0.468 e. The molecule has 1 saturated carbocycles. The highest BCUT2D eigenvalue weighted by molar-refractivity contribution is 5.76. The maximum atomic E-state index is 11.6. The van der Waals surface area contributed by atoms with Crippen molar-refractivity contribution in [2.45, 2.75) is 38.3 Å². The first-order valence-electron chi connectivity index (χ1n) is 5.87. The van der Waals surface area contributed by atoms with Crippen LogP contribution in [0.15, 0.2) is 0 Å². The zero-order chi connectivity index (χ0) is 12.3. The number of likely N-dealkylation sites (N-methyl/N-ethyl adjacent to an activating group) is 1. The van der Waals surface area contributed by atoms with Crippen molar-refractivity contribution in [1.29, 1.82) is 0 Å². The molecule has 0 amide bonds. The fourth-order valence-corrected chi connectivity index (χ4v) is 1.52. The molecule has 0 aliphatic heterocycles. The number of hydrogen-bond acceptors (Lipinski definition) is 4. The van der Waals surface area contributed by atoms with Crippen LogP contribution in [0, 0.1) is 5.92 Å². The number of hydrogen-bond donors (Lipinski definition) is 1. The van der Waals surface area contributed by atoms with Gasteiger partial charge in [0.2, 0.25) is 0 Å². The first-order valence-corrected chi connectivity index (χ1v) is 5.87. The van der Waals surface area contributed by atoms with E-state index in [-0.39, 0.29) is 17.6 Å². The molecule has 0 aromatic rings. The maximum absolute atomic E-state index is 11.6. The van der Waals surface area contributed by atoms with Gasteiger partial charge in [0.05, 0.1) is 7.11 Å². The van der Waals surface area contributed by atoms with Crippen LogP contribution in [0.2, 0.25) is 0 Å². The molecule has 94 valence electrons. The van der Waals surface area contributed by atoms with E-state index >= 15 is 0 Å².